The molecule has 3 rings (SSSR count). The average molecular weight is 358 g/mol. The Morgan fingerprint density at radius 1 is 1.27 bits per heavy atom. The van der Waals surface area contributed by atoms with E-state index in [0.29, 0.717) is 5.56 Å². The predicted octanol–water partition coefficient (Wildman–Crippen LogP) is 0.186. The molecule has 1 heterocycles. The number of aliphatic hydroxyl groups excluding tert-OH is 2. The number of ketones is 1. The summed E-state index contributed by atoms with van der Waals surface area (Å²) in [6, 6.07) is 8.68. The first-order valence-corrected chi connectivity index (χ1v) is 8.38. The van der Waals surface area contributed by atoms with Gasteiger partial charge in [-0.15, -0.1) is 0 Å². The molecule has 0 radical (unpaired) electrons. The molecule has 7 heteroatoms. The van der Waals surface area contributed by atoms with Crippen LogP contribution in [0.5, 0.6) is 0 Å². The van der Waals surface area contributed by atoms with Crippen molar-refractivity contribution >= 4 is 11.5 Å². The number of fused-ring (bicyclic) bond motifs is 1. The van der Waals surface area contributed by atoms with Crippen LogP contribution in [0.15, 0.2) is 58.7 Å². The average Bonchev–Trinajstić information content (AvgIpc) is 2.67. The third-order valence-electron chi connectivity index (χ3n) is 4.38. The number of hydrogen-bond donors (Lipinski definition) is 4. The van der Waals surface area contributed by atoms with Crippen LogP contribution >= 0.6 is 0 Å². The van der Waals surface area contributed by atoms with Gasteiger partial charge < -0.3 is 25.4 Å². The van der Waals surface area contributed by atoms with E-state index in [9.17, 15) is 15.0 Å². The van der Waals surface area contributed by atoms with Crippen molar-refractivity contribution in [2.75, 3.05) is 26.4 Å². The Bertz CT molecular complexity index is 786. The van der Waals surface area contributed by atoms with E-state index in [-0.39, 0.29) is 49.1 Å². The van der Waals surface area contributed by atoms with E-state index >= 15 is 0 Å². The zero-order valence-electron chi connectivity index (χ0n) is 14.5. The number of nitrogens with zero attached hydrogens (tertiary/aromatic N) is 1. The number of carbonyl (C=O) groups excluding carboxylic acids is 1. The fraction of sp³-hybridized carbons (Fsp3) is 0.368. The summed E-state index contributed by atoms with van der Waals surface area (Å²) in [5, 5.41) is 32.7. The fourth-order valence-corrected chi connectivity index (χ4v) is 2.89. The van der Waals surface area contributed by atoms with Gasteiger partial charge in [-0.25, -0.2) is 0 Å². The van der Waals surface area contributed by atoms with E-state index in [1.807, 2.05) is 6.07 Å². The first kappa shape index (κ1) is 18.5. The summed E-state index contributed by atoms with van der Waals surface area (Å²) in [5.41, 5.74) is 0.0386. The molecule has 0 saturated heterocycles. The minimum absolute atomic E-state index is 0.0194. The molecule has 1 aromatic rings. The summed E-state index contributed by atoms with van der Waals surface area (Å²) in [7, 11) is 0. The second-order valence-electron chi connectivity index (χ2n) is 6.55. The summed E-state index contributed by atoms with van der Waals surface area (Å²) in [4.78, 5) is 17.4. The van der Waals surface area contributed by atoms with Crippen LogP contribution in [0.3, 0.4) is 0 Å². The number of hydrogen-bond acceptors (Lipinski definition) is 7. The van der Waals surface area contributed by atoms with Gasteiger partial charge in [-0.05, 0) is 19.1 Å². The molecule has 7 nitrogen and oxygen atoms in total. The van der Waals surface area contributed by atoms with Crippen LogP contribution in [0.1, 0.15) is 17.3 Å². The van der Waals surface area contributed by atoms with Crippen LogP contribution in [-0.2, 0) is 4.74 Å². The molecule has 26 heavy (non-hydrogen) atoms. The van der Waals surface area contributed by atoms with Gasteiger partial charge in [0.25, 0.3) is 5.79 Å². The molecule has 0 bridgehead atoms. The van der Waals surface area contributed by atoms with Crippen LogP contribution in [-0.4, -0.2) is 64.5 Å². The highest BCUT2D eigenvalue weighted by molar-refractivity contribution is 6.31. The monoisotopic (exact) mass is 358 g/mol. The summed E-state index contributed by atoms with van der Waals surface area (Å²) in [6.07, 6.45) is 3.11. The summed E-state index contributed by atoms with van der Waals surface area (Å²) in [6.45, 7) is 1.45. The molecule has 0 fully saturated rings. The van der Waals surface area contributed by atoms with Crippen LogP contribution in [0.2, 0.25) is 0 Å². The number of Topliss-reactive ketones (excluding diaryl/α,β-unsaturated/α-hetero) is 1. The number of rotatable bonds is 6. The maximum absolute atomic E-state index is 12.9. The van der Waals surface area contributed by atoms with Crippen molar-refractivity contribution in [1.82, 2.24) is 5.32 Å². The Labute approximate surface area is 151 Å². The van der Waals surface area contributed by atoms with E-state index in [0.717, 1.165) is 0 Å². The SMILES string of the molecule is CC1(CO)COC2(O)C(NCCO)=CC=C(C(=O)c3ccccc3)C2=N1. The van der Waals surface area contributed by atoms with E-state index in [1.165, 1.54) is 0 Å². The maximum Gasteiger partial charge on any atom is 0.252 e. The molecule has 0 aromatic heterocycles. The molecule has 1 aromatic carbocycles. The molecule has 0 amide bonds. The number of nitrogens with one attached hydrogen (secondary N) is 1. The highest BCUT2D eigenvalue weighted by Crippen LogP contribution is 2.35. The quantitative estimate of drug-likeness (QED) is 0.540. The largest absolute Gasteiger partial charge is 0.395 e. The second kappa shape index (κ2) is 7.13. The normalized spacial score (nSPS) is 27.8. The molecular formula is C19H22N2O5. The Morgan fingerprint density at radius 3 is 2.65 bits per heavy atom. The molecule has 138 valence electrons. The van der Waals surface area contributed by atoms with Crippen LogP contribution < -0.4 is 5.32 Å². The topological polar surface area (TPSA) is 111 Å². The van der Waals surface area contributed by atoms with Crippen LogP contribution in [0.25, 0.3) is 0 Å². The maximum atomic E-state index is 12.9. The first-order chi connectivity index (χ1) is 12.4. The molecule has 4 N–H and O–H groups in total. The number of ether oxygens (including phenoxy) is 1. The van der Waals surface area contributed by atoms with Gasteiger partial charge in [-0.3, -0.25) is 9.79 Å². The molecular weight excluding hydrogens is 336 g/mol. The smallest absolute Gasteiger partial charge is 0.252 e. The number of aliphatic hydroxyl groups is 3. The van der Waals surface area contributed by atoms with Gasteiger partial charge in [0.1, 0.15) is 11.3 Å². The Hall–Kier alpha value is -2.32. The zero-order valence-corrected chi connectivity index (χ0v) is 14.5. The third kappa shape index (κ3) is 3.22. The van der Waals surface area contributed by atoms with E-state index in [1.54, 1.807) is 43.3 Å². The Kier molecular flexibility index (Phi) is 5.06. The summed E-state index contributed by atoms with van der Waals surface area (Å²) < 4.78 is 5.66. The number of benzene rings is 1. The van der Waals surface area contributed by atoms with E-state index < -0.39 is 11.3 Å². The molecule has 0 saturated carbocycles. The number of allylic oxidation sites excluding steroid dienone is 2. The lowest BCUT2D eigenvalue weighted by molar-refractivity contribution is -0.149. The Balaban J connectivity index is 2.09. The van der Waals surface area contributed by atoms with Gasteiger partial charge in [-0.1, -0.05) is 30.3 Å². The fourth-order valence-electron chi connectivity index (χ4n) is 2.89. The standard InChI is InChI=1S/C19H22N2O5/c1-18(11-23)12-26-19(25)15(20-9-10-22)8-7-14(17(19)21-18)16(24)13-5-3-2-4-6-13/h2-8,20,22-23,25H,9-12H2,1H3. The van der Waals surface area contributed by atoms with Crippen molar-refractivity contribution < 1.29 is 24.9 Å². The van der Waals surface area contributed by atoms with Crippen molar-refractivity contribution in [3.63, 3.8) is 0 Å². The Morgan fingerprint density at radius 2 is 2.00 bits per heavy atom. The zero-order chi connectivity index (χ0) is 18.8. The van der Waals surface area contributed by atoms with Crippen molar-refractivity contribution in [2.45, 2.75) is 18.2 Å². The summed E-state index contributed by atoms with van der Waals surface area (Å²) in [5.74, 6) is -2.23. The van der Waals surface area contributed by atoms with Gasteiger partial charge in [0.15, 0.2) is 5.78 Å². The minimum atomic E-state index is -1.93. The van der Waals surface area contributed by atoms with E-state index in [4.69, 9.17) is 9.84 Å². The number of carbonyl (C=O) groups is 1. The molecule has 1 aliphatic heterocycles. The second-order valence-corrected chi connectivity index (χ2v) is 6.55. The molecule has 2 unspecified atom stereocenters. The van der Waals surface area contributed by atoms with Crippen molar-refractivity contribution in [3.05, 3.63) is 59.3 Å². The molecule has 0 spiro atoms. The van der Waals surface area contributed by atoms with Gasteiger partial charge in [0, 0.05) is 17.7 Å². The number of aliphatic imine (C=N–C) groups is 1. The summed E-state index contributed by atoms with van der Waals surface area (Å²) >= 11 is 0. The van der Waals surface area contributed by atoms with Gasteiger partial charge in [-0.2, -0.15) is 0 Å². The highest BCUT2D eigenvalue weighted by Gasteiger charge is 2.49. The van der Waals surface area contributed by atoms with E-state index in [2.05, 4.69) is 10.3 Å². The van der Waals surface area contributed by atoms with Crippen LogP contribution in [0, 0.1) is 0 Å². The minimum Gasteiger partial charge on any atom is -0.395 e. The highest BCUT2D eigenvalue weighted by atomic mass is 16.6. The van der Waals surface area contributed by atoms with Gasteiger partial charge in [0.2, 0.25) is 0 Å². The van der Waals surface area contributed by atoms with Crippen molar-refractivity contribution in [3.8, 4) is 0 Å². The van der Waals surface area contributed by atoms with Crippen molar-refractivity contribution in [2.24, 2.45) is 4.99 Å². The lowest BCUT2D eigenvalue weighted by atomic mass is 9.86. The molecule has 1 aliphatic carbocycles. The van der Waals surface area contributed by atoms with Gasteiger partial charge >= 0.3 is 0 Å². The third-order valence-corrected chi connectivity index (χ3v) is 4.38. The lowest BCUT2D eigenvalue weighted by Gasteiger charge is -2.42. The predicted molar refractivity (Wildman–Crippen MR) is 95.9 cm³/mol. The lowest BCUT2D eigenvalue weighted by Crippen LogP contribution is -2.58. The van der Waals surface area contributed by atoms with Crippen LogP contribution in [0.4, 0.5) is 0 Å². The van der Waals surface area contributed by atoms with Gasteiger partial charge in [0.05, 0.1) is 25.5 Å². The van der Waals surface area contributed by atoms with Crippen molar-refractivity contribution in [1.29, 1.82) is 0 Å². The molecule has 2 atom stereocenters. The molecule has 2 aliphatic rings. The first-order valence-electron chi connectivity index (χ1n) is 8.38.